The highest BCUT2D eigenvalue weighted by Gasteiger charge is 2.25. The van der Waals surface area contributed by atoms with Gasteiger partial charge in [-0.05, 0) is 35.8 Å². The van der Waals surface area contributed by atoms with E-state index in [1.807, 2.05) is 0 Å². The van der Waals surface area contributed by atoms with Gasteiger partial charge in [0.25, 0.3) is 0 Å². The van der Waals surface area contributed by atoms with Crippen molar-refractivity contribution in [2.75, 3.05) is 13.1 Å². The molecule has 4 heteroatoms. The van der Waals surface area contributed by atoms with Gasteiger partial charge in [0, 0.05) is 38.8 Å². The van der Waals surface area contributed by atoms with Crippen LogP contribution in [-0.4, -0.2) is 18.6 Å². The Morgan fingerprint density at radius 1 is 1.38 bits per heavy atom. The predicted octanol–water partition coefficient (Wildman–Crippen LogP) is 3.12. The quantitative estimate of drug-likeness (QED) is 0.877. The fraction of sp³-hybridized carbons (Fsp3) is 0.667. The Hall–Kier alpha value is 0.1000. The molecule has 3 N–H and O–H groups in total. The molecule has 0 radical (unpaired) electrons. The van der Waals surface area contributed by atoms with Gasteiger partial charge in [-0.3, -0.25) is 0 Å². The van der Waals surface area contributed by atoms with Gasteiger partial charge >= 0.3 is 0 Å². The largest absolute Gasteiger partial charge is 0.329 e. The Morgan fingerprint density at radius 3 is 2.44 bits per heavy atom. The molecule has 0 atom stereocenters. The second kappa shape index (κ2) is 5.17. The maximum absolute atomic E-state index is 5.71. The van der Waals surface area contributed by atoms with Crippen molar-refractivity contribution in [3.63, 3.8) is 0 Å². The molecular formula is C12H21BrN2S. The lowest BCUT2D eigenvalue weighted by atomic mass is 9.90. The molecule has 92 valence electrons. The summed E-state index contributed by atoms with van der Waals surface area (Å²) >= 11 is 5.30. The molecular weight excluding hydrogens is 284 g/mol. The minimum absolute atomic E-state index is 0.00572. The Bertz CT molecular complexity index is 345. The van der Waals surface area contributed by atoms with Crippen molar-refractivity contribution >= 4 is 27.3 Å². The van der Waals surface area contributed by atoms with Crippen LogP contribution < -0.4 is 11.1 Å². The maximum atomic E-state index is 5.71. The SMILES string of the molecule is CC(C)(CN)NCC(C)(C)c1cc(Br)cs1. The number of halogens is 1. The van der Waals surface area contributed by atoms with Crippen molar-refractivity contribution in [2.45, 2.75) is 38.6 Å². The molecule has 0 aromatic carbocycles. The molecule has 0 aliphatic rings. The number of hydrogen-bond donors (Lipinski definition) is 2. The van der Waals surface area contributed by atoms with Crippen molar-refractivity contribution in [3.8, 4) is 0 Å². The summed E-state index contributed by atoms with van der Waals surface area (Å²) in [6.07, 6.45) is 0. The van der Waals surface area contributed by atoms with Crippen molar-refractivity contribution in [1.82, 2.24) is 5.32 Å². The summed E-state index contributed by atoms with van der Waals surface area (Å²) in [5.74, 6) is 0. The Morgan fingerprint density at radius 2 is 2.00 bits per heavy atom. The first-order valence-electron chi connectivity index (χ1n) is 5.46. The van der Waals surface area contributed by atoms with E-state index in [4.69, 9.17) is 5.73 Å². The predicted molar refractivity (Wildman–Crippen MR) is 76.2 cm³/mol. The Balaban J connectivity index is 2.65. The molecule has 2 nitrogen and oxygen atoms in total. The molecule has 0 fully saturated rings. The maximum Gasteiger partial charge on any atom is 0.0285 e. The summed E-state index contributed by atoms with van der Waals surface area (Å²) in [7, 11) is 0. The lowest BCUT2D eigenvalue weighted by molar-refractivity contribution is 0.349. The normalized spacial score (nSPS) is 13.1. The third-order valence-corrected chi connectivity index (χ3v) is 4.81. The fourth-order valence-electron chi connectivity index (χ4n) is 1.29. The first kappa shape index (κ1) is 14.2. The highest BCUT2D eigenvalue weighted by Crippen LogP contribution is 2.31. The van der Waals surface area contributed by atoms with Crippen LogP contribution in [0.4, 0.5) is 0 Å². The number of nitrogens with one attached hydrogen (secondary N) is 1. The lowest BCUT2D eigenvalue weighted by Gasteiger charge is -2.31. The van der Waals surface area contributed by atoms with E-state index in [1.165, 1.54) is 9.35 Å². The van der Waals surface area contributed by atoms with Gasteiger partial charge in [0.2, 0.25) is 0 Å². The minimum atomic E-state index is 0.00572. The molecule has 0 unspecified atom stereocenters. The molecule has 0 saturated carbocycles. The summed E-state index contributed by atoms with van der Waals surface area (Å²) in [6.45, 7) is 10.4. The Kier molecular flexibility index (Phi) is 4.57. The molecule has 0 amide bonds. The van der Waals surface area contributed by atoms with Crippen molar-refractivity contribution in [1.29, 1.82) is 0 Å². The molecule has 0 aliphatic carbocycles. The summed E-state index contributed by atoms with van der Waals surface area (Å²) in [5.41, 5.74) is 5.86. The molecule has 1 rings (SSSR count). The summed E-state index contributed by atoms with van der Waals surface area (Å²) in [4.78, 5) is 1.39. The monoisotopic (exact) mass is 304 g/mol. The number of rotatable bonds is 5. The molecule has 1 aromatic rings. The van der Waals surface area contributed by atoms with Crippen LogP contribution in [0.25, 0.3) is 0 Å². The molecule has 1 heterocycles. The van der Waals surface area contributed by atoms with Gasteiger partial charge in [-0.1, -0.05) is 13.8 Å². The van der Waals surface area contributed by atoms with E-state index in [-0.39, 0.29) is 11.0 Å². The highest BCUT2D eigenvalue weighted by molar-refractivity contribution is 9.10. The van der Waals surface area contributed by atoms with Gasteiger partial charge in [-0.2, -0.15) is 0 Å². The summed E-state index contributed by atoms with van der Waals surface area (Å²) < 4.78 is 1.17. The van der Waals surface area contributed by atoms with Crippen LogP contribution in [0, 0.1) is 0 Å². The molecule has 1 aromatic heterocycles. The lowest BCUT2D eigenvalue weighted by Crippen LogP contribution is -2.50. The number of nitrogens with two attached hydrogens (primary N) is 1. The van der Waals surface area contributed by atoms with Crippen LogP contribution >= 0.6 is 27.3 Å². The highest BCUT2D eigenvalue weighted by atomic mass is 79.9. The molecule has 16 heavy (non-hydrogen) atoms. The van der Waals surface area contributed by atoms with E-state index in [2.05, 4.69) is 60.4 Å². The zero-order chi connectivity index (χ0) is 12.4. The fourth-order valence-corrected chi connectivity index (χ4v) is 2.84. The average Bonchev–Trinajstić information content (AvgIpc) is 2.63. The molecule has 0 bridgehead atoms. The summed E-state index contributed by atoms with van der Waals surface area (Å²) in [6, 6.07) is 2.20. The number of hydrogen-bond acceptors (Lipinski definition) is 3. The second-order valence-electron chi connectivity index (χ2n) is 5.45. The van der Waals surface area contributed by atoms with Crippen molar-refractivity contribution in [2.24, 2.45) is 5.73 Å². The zero-order valence-electron chi connectivity index (χ0n) is 10.4. The zero-order valence-corrected chi connectivity index (χ0v) is 12.8. The van der Waals surface area contributed by atoms with Crippen LogP contribution in [0.15, 0.2) is 15.9 Å². The first-order valence-corrected chi connectivity index (χ1v) is 7.14. The standard InChI is InChI=1S/C12H21BrN2S/c1-11(2,8-15-12(3,4)7-14)10-5-9(13)6-16-10/h5-6,15H,7-8,14H2,1-4H3. The van der Waals surface area contributed by atoms with Crippen molar-refractivity contribution in [3.05, 3.63) is 20.8 Å². The number of thiophene rings is 1. The molecule has 0 spiro atoms. The molecule has 0 aliphatic heterocycles. The van der Waals surface area contributed by atoms with Gasteiger partial charge in [-0.15, -0.1) is 11.3 Å². The van der Waals surface area contributed by atoms with Crippen LogP contribution in [0.2, 0.25) is 0 Å². The average molecular weight is 305 g/mol. The van der Waals surface area contributed by atoms with E-state index in [0.29, 0.717) is 6.54 Å². The van der Waals surface area contributed by atoms with Crippen LogP contribution in [-0.2, 0) is 5.41 Å². The van der Waals surface area contributed by atoms with E-state index < -0.39 is 0 Å². The third-order valence-electron chi connectivity index (χ3n) is 2.75. The second-order valence-corrected chi connectivity index (χ2v) is 7.28. The van der Waals surface area contributed by atoms with E-state index in [1.54, 1.807) is 11.3 Å². The third kappa shape index (κ3) is 3.84. The van der Waals surface area contributed by atoms with E-state index in [9.17, 15) is 0 Å². The minimum Gasteiger partial charge on any atom is -0.329 e. The molecule has 0 saturated heterocycles. The van der Waals surface area contributed by atoms with E-state index in [0.717, 1.165) is 6.54 Å². The van der Waals surface area contributed by atoms with Crippen LogP contribution in [0.1, 0.15) is 32.6 Å². The smallest absolute Gasteiger partial charge is 0.0285 e. The van der Waals surface area contributed by atoms with E-state index >= 15 is 0 Å². The van der Waals surface area contributed by atoms with Crippen LogP contribution in [0.5, 0.6) is 0 Å². The van der Waals surface area contributed by atoms with Gasteiger partial charge in [0.05, 0.1) is 0 Å². The van der Waals surface area contributed by atoms with Crippen molar-refractivity contribution < 1.29 is 0 Å². The topological polar surface area (TPSA) is 38.0 Å². The van der Waals surface area contributed by atoms with Crippen LogP contribution in [0.3, 0.4) is 0 Å². The summed E-state index contributed by atoms with van der Waals surface area (Å²) in [5, 5.41) is 5.65. The Labute approximate surface area is 111 Å². The van der Waals surface area contributed by atoms with Gasteiger partial charge in [-0.25, -0.2) is 0 Å². The van der Waals surface area contributed by atoms with Gasteiger partial charge in [0.1, 0.15) is 0 Å². The van der Waals surface area contributed by atoms with Gasteiger partial charge in [0.15, 0.2) is 0 Å². The first-order chi connectivity index (χ1) is 7.27. The van der Waals surface area contributed by atoms with Gasteiger partial charge < -0.3 is 11.1 Å².